The van der Waals surface area contributed by atoms with E-state index >= 15 is 0 Å². The van der Waals surface area contributed by atoms with E-state index < -0.39 is 0 Å². The zero-order valence-corrected chi connectivity index (χ0v) is 7.62. The molecule has 2 nitrogen and oxygen atoms in total. The zero-order chi connectivity index (χ0) is 9.42. The van der Waals surface area contributed by atoms with Crippen molar-refractivity contribution in [2.24, 2.45) is 5.73 Å². The monoisotopic (exact) mass is 175 g/mol. The normalized spacial score (nSPS) is 16.6. The summed E-state index contributed by atoms with van der Waals surface area (Å²) < 4.78 is 0. The van der Waals surface area contributed by atoms with Crippen molar-refractivity contribution in [2.45, 2.75) is 19.4 Å². The number of fused-ring (bicyclic) bond motifs is 1. The Morgan fingerprint density at radius 2 is 2.23 bits per heavy atom. The molecule has 2 rings (SSSR count). The largest absolute Gasteiger partial charge is 0.508 e. The Morgan fingerprint density at radius 1 is 1.46 bits per heavy atom. The lowest BCUT2D eigenvalue weighted by atomic mass is 10.1. The van der Waals surface area contributed by atoms with Crippen LogP contribution in [0.15, 0.2) is 23.8 Å². The molecule has 0 saturated carbocycles. The average molecular weight is 175 g/mol. The van der Waals surface area contributed by atoms with Gasteiger partial charge in [0.1, 0.15) is 5.75 Å². The van der Waals surface area contributed by atoms with Crippen LogP contribution in [0.5, 0.6) is 5.75 Å². The van der Waals surface area contributed by atoms with Crippen LogP contribution in [0, 0.1) is 0 Å². The van der Waals surface area contributed by atoms with Crippen molar-refractivity contribution in [2.75, 3.05) is 0 Å². The maximum absolute atomic E-state index is 9.56. The highest BCUT2D eigenvalue weighted by Gasteiger charge is 2.17. The maximum atomic E-state index is 9.56. The Bertz CT molecular complexity index is 366. The van der Waals surface area contributed by atoms with Crippen LogP contribution in [0.4, 0.5) is 0 Å². The van der Waals surface area contributed by atoms with Gasteiger partial charge in [-0.05, 0) is 30.5 Å². The molecule has 0 heterocycles. The molecule has 3 N–H and O–H groups in total. The molecular formula is C11H13NO. The summed E-state index contributed by atoms with van der Waals surface area (Å²) in [6.45, 7) is 1.97. The first-order valence-corrected chi connectivity index (χ1v) is 4.45. The van der Waals surface area contributed by atoms with Gasteiger partial charge in [0, 0.05) is 11.6 Å². The molecule has 13 heavy (non-hydrogen) atoms. The summed E-state index contributed by atoms with van der Waals surface area (Å²) in [5, 5.41) is 9.56. The van der Waals surface area contributed by atoms with E-state index in [-0.39, 0.29) is 6.04 Å². The number of hydrogen-bond acceptors (Lipinski definition) is 2. The van der Waals surface area contributed by atoms with Gasteiger partial charge in [-0.25, -0.2) is 0 Å². The van der Waals surface area contributed by atoms with Crippen LogP contribution in [0.25, 0.3) is 6.08 Å². The second-order valence-corrected chi connectivity index (χ2v) is 3.53. The van der Waals surface area contributed by atoms with E-state index in [1.54, 1.807) is 6.07 Å². The number of nitrogens with two attached hydrogens (primary N) is 1. The molecule has 0 bridgehead atoms. The number of rotatable bonds is 1. The first-order chi connectivity index (χ1) is 6.18. The van der Waals surface area contributed by atoms with Gasteiger partial charge in [-0.3, -0.25) is 0 Å². The van der Waals surface area contributed by atoms with Gasteiger partial charge >= 0.3 is 0 Å². The van der Waals surface area contributed by atoms with Crippen LogP contribution in [0.2, 0.25) is 0 Å². The van der Waals surface area contributed by atoms with E-state index in [9.17, 15) is 5.11 Å². The Balaban J connectivity index is 2.41. The molecule has 1 aliphatic carbocycles. The molecule has 1 aromatic rings. The van der Waals surface area contributed by atoms with E-state index in [2.05, 4.69) is 6.08 Å². The number of phenols is 1. The topological polar surface area (TPSA) is 46.2 Å². The predicted molar refractivity (Wildman–Crippen MR) is 53.4 cm³/mol. The van der Waals surface area contributed by atoms with Gasteiger partial charge in [-0.1, -0.05) is 18.2 Å². The zero-order valence-electron chi connectivity index (χ0n) is 7.62. The van der Waals surface area contributed by atoms with Gasteiger partial charge in [0.05, 0.1) is 0 Å². The molecule has 0 spiro atoms. The minimum absolute atomic E-state index is 0.0757. The van der Waals surface area contributed by atoms with Gasteiger partial charge in [-0.15, -0.1) is 0 Å². The van der Waals surface area contributed by atoms with Crippen LogP contribution in [0.3, 0.4) is 0 Å². The van der Waals surface area contributed by atoms with Crippen molar-refractivity contribution in [3.8, 4) is 5.75 Å². The Morgan fingerprint density at radius 3 is 2.85 bits per heavy atom. The lowest BCUT2D eigenvalue weighted by Gasteiger charge is -2.05. The number of aromatic hydroxyl groups is 1. The van der Waals surface area contributed by atoms with E-state index in [1.165, 1.54) is 5.57 Å². The van der Waals surface area contributed by atoms with Crippen LogP contribution >= 0.6 is 0 Å². The van der Waals surface area contributed by atoms with Crippen molar-refractivity contribution in [3.05, 3.63) is 34.9 Å². The molecule has 0 radical (unpaired) electrons. The molecule has 0 amide bonds. The van der Waals surface area contributed by atoms with Gasteiger partial charge < -0.3 is 10.8 Å². The molecule has 68 valence electrons. The van der Waals surface area contributed by atoms with Crippen LogP contribution in [0.1, 0.15) is 18.1 Å². The Hall–Kier alpha value is -1.28. The first kappa shape index (κ1) is 8.32. The van der Waals surface area contributed by atoms with E-state index in [4.69, 9.17) is 5.73 Å². The van der Waals surface area contributed by atoms with E-state index in [0.717, 1.165) is 17.5 Å². The van der Waals surface area contributed by atoms with Crippen LogP contribution in [-0.4, -0.2) is 11.1 Å². The van der Waals surface area contributed by atoms with Crippen LogP contribution < -0.4 is 5.73 Å². The van der Waals surface area contributed by atoms with Gasteiger partial charge in [0.25, 0.3) is 0 Å². The molecule has 1 unspecified atom stereocenters. The predicted octanol–water partition coefficient (Wildman–Crippen LogP) is 1.68. The standard InChI is InChI=1S/C11H13NO/c1-7(12)9-5-8-3-2-4-11(13)10(8)6-9/h2-5,7,13H,6,12H2,1H3. The highest BCUT2D eigenvalue weighted by molar-refractivity contribution is 5.67. The summed E-state index contributed by atoms with van der Waals surface area (Å²) in [6, 6.07) is 5.66. The lowest BCUT2D eigenvalue weighted by molar-refractivity contribution is 0.469. The van der Waals surface area contributed by atoms with Crippen molar-refractivity contribution in [3.63, 3.8) is 0 Å². The van der Waals surface area contributed by atoms with E-state index in [1.807, 2.05) is 19.1 Å². The summed E-state index contributed by atoms with van der Waals surface area (Å²) in [7, 11) is 0. The SMILES string of the molecule is CC(N)C1=Cc2cccc(O)c2C1. The van der Waals surface area contributed by atoms with E-state index in [0.29, 0.717) is 5.75 Å². The quantitative estimate of drug-likeness (QED) is 0.682. The molecule has 0 aliphatic heterocycles. The highest BCUT2D eigenvalue weighted by atomic mass is 16.3. The fraction of sp³-hybridized carbons (Fsp3) is 0.273. The number of hydrogen-bond donors (Lipinski definition) is 2. The lowest BCUT2D eigenvalue weighted by Crippen LogP contribution is -2.17. The molecule has 0 aromatic heterocycles. The molecule has 1 atom stereocenters. The summed E-state index contributed by atoms with van der Waals surface area (Å²) in [6.07, 6.45) is 2.86. The third kappa shape index (κ3) is 1.33. The smallest absolute Gasteiger partial charge is 0.119 e. The Kier molecular flexibility index (Phi) is 1.85. The number of phenolic OH excluding ortho intramolecular Hbond substituents is 1. The van der Waals surface area contributed by atoms with Crippen molar-refractivity contribution in [1.82, 2.24) is 0 Å². The minimum Gasteiger partial charge on any atom is -0.508 e. The first-order valence-electron chi connectivity index (χ1n) is 4.45. The average Bonchev–Trinajstić information content (AvgIpc) is 2.49. The van der Waals surface area contributed by atoms with Gasteiger partial charge in [0.2, 0.25) is 0 Å². The molecular weight excluding hydrogens is 162 g/mol. The second-order valence-electron chi connectivity index (χ2n) is 3.53. The third-order valence-corrected chi connectivity index (χ3v) is 2.49. The van der Waals surface area contributed by atoms with Crippen LogP contribution in [-0.2, 0) is 6.42 Å². The summed E-state index contributed by atoms with van der Waals surface area (Å²) in [5.74, 6) is 0.379. The Labute approximate surface area is 77.7 Å². The van der Waals surface area contributed by atoms with Crippen molar-refractivity contribution in [1.29, 1.82) is 0 Å². The second kappa shape index (κ2) is 2.89. The van der Waals surface area contributed by atoms with Gasteiger partial charge in [0.15, 0.2) is 0 Å². The summed E-state index contributed by atoms with van der Waals surface area (Å²) in [4.78, 5) is 0. The molecule has 0 saturated heterocycles. The summed E-state index contributed by atoms with van der Waals surface area (Å²) in [5.41, 5.74) is 9.08. The minimum atomic E-state index is 0.0757. The van der Waals surface area contributed by atoms with Crippen molar-refractivity contribution >= 4 is 6.08 Å². The fourth-order valence-electron chi connectivity index (χ4n) is 1.67. The van der Waals surface area contributed by atoms with Gasteiger partial charge in [-0.2, -0.15) is 0 Å². The van der Waals surface area contributed by atoms with Crippen molar-refractivity contribution < 1.29 is 5.11 Å². The third-order valence-electron chi connectivity index (χ3n) is 2.49. The fourth-order valence-corrected chi connectivity index (χ4v) is 1.67. The number of benzene rings is 1. The molecule has 0 fully saturated rings. The summed E-state index contributed by atoms with van der Waals surface area (Å²) >= 11 is 0. The molecule has 1 aromatic carbocycles. The molecule has 2 heteroatoms. The highest BCUT2D eigenvalue weighted by Crippen LogP contribution is 2.32. The maximum Gasteiger partial charge on any atom is 0.119 e. The molecule has 1 aliphatic rings.